The van der Waals surface area contributed by atoms with E-state index >= 15 is 0 Å². The first-order chi connectivity index (χ1) is 12.3. The zero-order valence-electron chi connectivity index (χ0n) is 15.1. The van der Waals surface area contributed by atoms with Crippen LogP contribution >= 0.6 is 0 Å². The van der Waals surface area contributed by atoms with Crippen LogP contribution in [0.5, 0.6) is 0 Å². The van der Waals surface area contributed by atoms with Gasteiger partial charge in [0.15, 0.2) is 9.84 Å². The Labute approximate surface area is 153 Å². The van der Waals surface area contributed by atoms with Crippen molar-refractivity contribution in [2.75, 3.05) is 5.75 Å². The van der Waals surface area contributed by atoms with E-state index in [1.54, 1.807) is 12.1 Å². The molecule has 9 heteroatoms. The molecule has 1 amide bonds. The smallest absolute Gasteiger partial charge is 0.408 e. The highest BCUT2D eigenvalue weighted by molar-refractivity contribution is 7.92. The van der Waals surface area contributed by atoms with Gasteiger partial charge in [-0.3, -0.25) is 4.98 Å². The first-order valence-corrected chi connectivity index (χ1v) is 10.3. The maximum Gasteiger partial charge on any atom is 0.408 e. The van der Waals surface area contributed by atoms with Crippen molar-refractivity contribution in [2.45, 2.75) is 57.4 Å². The second-order valence-corrected chi connectivity index (χ2v) is 8.32. The topological polar surface area (TPSA) is 123 Å². The van der Waals surface area contributed by atoms with Gasteiger partial charge >= 0.3 is 12.1 Å². The number of alkyl carbamates (subject to hydrolysis) is 1. The van der Waals surface area contributed by atoms with Crippen LogP contribution in [0.15, 0.2) is 24.5 Å². The Balaban J connectivity index is 2.69. The van der Waals surface area contributed by atoms with Crippen LogP contribution in [0.1, 0.15) is 45.1 Å². The highest BCUT2D eigenvalue weighted by Crippen LogP contribution is 2.17. The van der Waals surface area contributed by atoms with E-state index in [0.29, 0.717) is 31.2 Å². The number of aromatic nitrogens is 1. The highest BCUT2D eigenvalue weighted by atomic mass is 32.2. The summed E-state index contributed by atoms with van der Waals surface area (Å²) >= 11 is 0. The molecule has 0 saturated carbocycles. The molecule has 0 aliphatic rings. The van der Waals surface area contributed by atoms with E-state index in [4.69, 9.17) is 4.74 Å². The molecule has 0 radical (unpaired) electrons. The molecule has 1 aromatic rings. The number of pyridine rings is 1. The van der Waals surface area contributed by atoms with E-state index < -0.39 is 38.9 Å². The second kappa shape index (κ2) is 10.7. The Morgan fingerprint density at radius 3 is 2.27 bits per heavy atom. The van der Waals surface area contributed by atoms with E-state index in [1.165, 1.54) is 12.4 Å². The molecule has 0 saturated heterocycles. The monoisotopic (exact) mass is 386 g/mol. The predicted octanol–water partition coefficient (Wildman–Crippen LogP) is 2.14. The van der Waals surface area contributed by atoms with Crippen molar-refractivity contribution in [3.63, 3.8) is 0 Å². The predicted molar refractivity (Wildman–Crippen MR) is 96.4 cm³/mol. The van der Waals surface area contributed by atoms with Gasteiger partial charge in [0.05, 0.1) is 11.0 Å². The minimum absolute atomic E-state index is 0.0677. The van der Waals surface area contributed by atoms with Crippen LogP contribution < -0.4 is 5.32 Å². The maximum absolute atomic E-state index is 12.5. The van der Waals surface area contributed by atoms with Gasteiger partial charge < -0.3 is 15.2 Å². The maximum atomic E-state index is 12.5. The number of carboxylic acid groups (broad SMARTS) is 1. The van der Waals surface area contributed by atoms with Crippen molar-refractivity contribution in [2.24, 2.45) is 0 Å². The average molecular weight is 386 g/mol. The molecular weight excluding hydrogens is 360 g/mol. The molecule has 26 heavy (non-hydrogen) atoms. The molecule has 0 fully saturated rings. The van der Waals surface area contributed by atoms with E-state index in [2.05, 4.69) is 10.3 Å². The van der Waals surface area contributed by atoms with E-state index in [1.807, 2.05) is 13.8 Å². The standard InChI is InChI=1S/C17H26N2O6S/c1-3-5-14(6-4-2)26(23,24)12-15(16(20)21)19-17(22)25-11-13-7-9-18-10-8-13/h7-10,14-15H,3-6,11-12H2,1-2H3,(H,19,22)(H,20,21)/t15-/m0/s1. The van der Waals surface area contributed by atoms with Crippen molar-refractivity contribution in [3.8, 4) is 0 Å². The Bertz CT molecular complexity index is 672. The number of carbonyl (C=O) groups is 2. The molecule has 2 N–H and O–H groups in total. The van der Waals surface area contributed by atoms with Crippen molar-refractivity contribution in [1.29, 1.82) is 0 Å². The number of carboxylic acids is 1. The van der Waals surface area contributed by atoms with Gasteiger partial charge in [-0.1, -0.05) is 26.7 Å². The minimum Gasteiger partial charge on any atom is -0.480 e. The van der Waals surface area contributed by atoms with E-state index in [0.717, 1.165) is 0 Å². The summed E-state index contributed by atoms with van der Waals surface area (Å²) in [6.45, 7) is 3.69. The van der Waals surface area contributed by atoms with Gasteiger partial charge in [-0.2, -0.15) is 0 Å². The number of nitrogens with one attached hydrogen (secondary N) is 1. The van der Waals surface area contributed by atoms with Crippen LogP contribution in [0.4, 0.5) is 4.79 Å². The fraction of sp³-hybridized carbons (Fsp3) is 0.588. The molecule has 8 nitrogen and oxygen atoms in total. The molecule has 0 aliphatic carbocycles. The van der Waals surface area contributed by atoms with Crippen molar-refractivity contribution in [3.05, 3.63) is 30.1 Å². The summed E-state index contributed by atoms with van der Waals surface area (Å²) in [7, 11) is -3.66. The first-order valence-electron chi connectivity index (χ1n) is 8.56. The SMILES string of the molecule is CCCC(CCC)S(=O)(=O)C[C@H](NC(=O)OCc1ccncc1)C(=O)O. The van der Waals surface area contributed by atoms with Crippen molar-refractivity contribution < 1.29 is 27.9 Å². The van der Waals surface area contributed by atoms with Crippen molar-refractivity contribution >= 4 is 21.9 Å². The van der Waals surface area contributed by atoms with Gasteiger partial charge in [0, 0.05) is 12.4 Å². The van der Waals surface area contributed by atoms with Gasteiger partial charge in [0.1, 0.15) is 12.6 Å². The molecule has 0 aromatic carbocycles. The Hall–Kier alpha value is -2.16. The summed E-state index contributed by atoms with van der Waals surface area (Å²) in [5.74, 6) is -2.07. The minimum atomic E-state index is -3.66. The van der Waals surface area contributed by atoms with Gasteiger partial charge in [0.25, 0.3) is 0 Å². The number of ether oxygens (including phenoxy) is 1. The van der Waals surface area contributed by atoms with Crippen LogP contribution in [0.3, 0.4) is 0 Å². The fourth-order valence-corrected chi connectivity index (χ4v) is 4.65. The Kier molecular flexibility index (Phi) is 9.04. The summed E-state index contributed by atoms with van der Waals surface area (Å²) in [6.07, 6.45) is 4.39. The lowest BCUT2D eigenvalue weighted by atomic mass is 10.2. The van der Waals surface area contributed by atoms with Gasteiger partial charge in [-0.05, 0) is 30.5 Å². The summed E-state index contributed by atoms with van der Waals surface area (Å²) in [5.41, 5.74) is 0.681. The van der Waals surface area contributed by atoms with Crippen LogP contribution in [0, 0.1) is 0 Å². The number of carbonyl (C=O) groups excluding carboxylic acids is 1. The Morgan fingerprint density at radius 1 is 1.19 bits per heavy atom. The van der Waals surface area contributed by atoms with E-state index in [-0.39, 0.29) is 6.61 Å². The Morgan fingerprint density at radius 2 is 1.77 bits per heavy atom. The molecule has 1 atom stereocenters. The molecule has 146 valence electrons. The number of hydrogen-bond donors (Lipinski definition) is 2. The third-order valence-electron chi connectivity index (χ3n) is 3.84. The number of nitrogens with zero attached hydrogens (tertiary/aromatic N) is 1. The summed E-state index contributed by atoms with van der Waals surface area (Å²) in [6, 6.07) is 1.74. The van der Waals surface area contributed by atoms with Gasteiger partial charge in [-0.25, -0.2) is 18.0 Å². The number of hydrogen-bond acceptors (Lipinski definition) is 6. The highest BCUT2D eigenvalue weighted by Gasteiger charge is 2.32. The van der Waals surface area contributed by atoms with Crippen LogP contribution in [0.25, 0.3) is 0 Å². The van der Waals surface area contributed by atoms with Crippen molar-refractivity contribution in [1.82, 2.24) is 10.3 Å². The molecule has 1 rings (SSSR count). The summed E-state index contributed by atoms with van der Waals surface area (Å²) in [4.78, 5) is 27.0. The number of sulfone groups is 1. The molecule has 0 spiro atoms. The first kappa shape index (κ1) is 21.9. The van der Waals surface area contributed by atoms with E-state index in [9.17, 15) is 23.1 Å². The lowest BCUT2D eigenvalue weighted by Gasteiger charge is -2.20. The molecule has 0 bridgehead atoms. The van der Waals surface area contributed by atoms with Crippen LogP contribution in [0.2, 0.25) is 0 Å². The molecule has 1 aromatic heterocycles. The molecule has 0 unspecified atom stereocenters. The van der Waals surface area contributed by atoms with Gasteiger partial charge in [0.2, 0.25) is 0 Å². The molecule has 1 heterocycles. The number of rotatable bonds is 11. The normalized spacial score (nSPS) is 12.6. The second-order valence-electron chi connectivity index (χ2n) is 6.00. The largest absolute Gasteiger partial charge is 0.480 e. The average Bonchev–Trinajstić information content (AvgIpc) is 2.60. The molecule has 0 aliphatic heterocycles. The zero-order chi connectivity index (χ0) is 19.6. The third kappa shape index (κ3) is 7.38. The molecular formula is C17H26N2O6S. The lowest BCUT2D eigenvalue weighted by Crippen LogP contribution is -2.47. The summed E-state index contributed by atoms with van der Waals surface area (Å²) < 4.78 is 30.0. The lowest BCUT2D eigenvalue weighted by molar-refractivity contribution is -0.138. The number of aliphatic carboxylic acids is 1. The third-order valence-corrected chi connectivity index (χ3v) is 6.12. The number of amides is 1. The summed E-state index contributed by atoms with van der Waals surface area (Å²) in [5, 5.41) is 10.8. The quantitative estimate of drug-likeness (QED) is 0.597. The fourth-order valence-electron chi connectivity index (χ4n) is 2.50. The zero-order valence-corrected chi connectivity index (χ0v) is 15.9. The van der Waals surface area contributed by atoms with Crippen LogP contribution in [-0.2, 0) is 26.0 Å². The van der Waals surface area contributed by atoms with Gasteiger partial charge in [-0.15, -0.1) is 0 Å². The van der Waals surface area contributed by atoms with Crippen LogP contribution in [-0.4, -0.2) is 47.6 Å².